The lowest BCUT2D eigenvalue weighted by Crippen LogP contribution is -2.44. The first-order chi connectivity index (χ1) is 67.8. The Morgan fingerprint density at radius 3 is 1.25 bits per heavy atom. The highest BCUT2D eigenvalue weighted by atomic mass is 32.2. The maximum absolute atomic E-state index is 11.3. The second-order valence-electron chi connectivity index (χ2n) is 51.5. The number of aryl methyl sites for hydroxylation is 1. The van der Waals surface area contributed by atoms with Gasteiger partial charge in [0.1, 0.15) is 5.60 Å². The predicted octanol–water partition coefficient (Wildman–Crippen LogP) is 29.3. The van der Waals surface area contributed by atoms with Crippen molar-refractivity contribution in [2.24, 2.45) is 39.9 Å². The van der Waals surface area contributed by atoms with Crippen molar-refractivity contribution >= 4 is 49.2 Å². The van der Waals surface area contributed by atoms with E-state index < -0.39 is 10.0 Å². The highest BCUT2D eigenvalue weighted by molar-refractivity contribution is 7.88. The van der Waals surface area contributed by atoms with E-state index in [-0.39, 0.29) is 34.1 Å². The zero-order valence-electron chi connectivity index (χ0n) is 101. The van der Waals surface area contributed by atoms with Crippen LogP contribution in [0.15, 0.2) is 95.0 Å². The van der Waals surface area contributed by atoms with Crippen LogP contribution in [0.2, 0.25) is 0 Å². The summed E-state index contributed by atoms with van der Waals surface area (Å²) in [6, 6.07) is 15.7. The predicted molar refractivity (Wildman–Crippen MR) is 627 cm³/mol. The summed E-state index contributed by atoms with van der Waals surface area (Å²) in [7, 11) is 1.42. The summed E-state index contributed by atoms with van der Waals surface area (Å²) in [4.78, 5) is 33.7. The van der Waals surface area contributed by atoms with E-state index in [4.69, 9.17) is 38.3 Å². The highest BCUT2D eigenvalue weighted by Crippen LogP contribution is 2.34. The number of aliphatic hydroxyl groups is 1. The van der Waals surface area contributed by atoms with Crippen LogP contribution in [0.4, 0.5) is 5.13 Å². The average molecular weight is 2120 g/mol. The number of likely N-dealkylation sites (tertiary alicyclic amines) is 4. The fourth-order valence-corrected chi connectivity index (χ4v) is 20.0. The maximum Gasteiger partial charge on any atom is 0.213 e. The van der Waals surface area contributed by atoms with E-state index in [0.717, 1.165) is 138 Å². The number of anilines is 1. The van der Waals surface area contributed by atoms with Gasteiger partial charge in [0.15, 0.2) is 10.3 Å². The van der Waals surface area contributed by atoms with E-state index in [1.54, 1.807) is 40.2 Å². The summed E-state index contributed by atoms with van der Waals surface area (Å²) in [5.74, 6) is 5.77. The molecule has 1 N–H and O–H groups in total. The average Bonchev–Trinajstić information content (AvgIpc) is 1.25. The van der Waals surface area contributed by atoms with Gasteiger partial charge in [0.2, 0.25) is 15.9 Å². The van der Waals surface area contributed by atoms with Crippen LogP contribution in [0.1, 0.15) is 411 Å². The molecule has 7 aliphatic heterocycles. The van der Waals surface area contributed by atoms with Gasteiger partial charge in [0, 0.05) is 117 Å². The molecule has 0 atom stereocenters. The number of pyridine rings is 2. The van der Waals surface area contributed by atoms with E-state index >= 15 is 0 Å². The lowest BCUT2D eigenvalue weighted by molar-refractivity contribution is -0.100. The van der Waals surface area contributed by atoms with Gasteiger partial charge >= 0.3 is 0 Å². The smallest absolute Gasteiger partial charge is 0.213 e. The number of hydrogen-bond donors (Lipinski definition) is 1. The van der Waals surface area contributed by atoms with Gasteiger partial charge in [-0.1, -0.05) is 122 Å². The molecule has 6 aromatic rings. The minimum Gasteiger partial charge on any atom is -0.472 e. The largest absolute Gasteiger partial charge is 0.472 e. The Hall–Kier alpha value is -4.46. The standard InChI is InChI=1S/C13H27NO.C12H25N.C11H23NO.C11H17N.C10H12N2S.C10H18N2S.C10H21NO3S.C10H20O2.C9H13NO.C9H19N.C9H18O2.C6H9NS/c1-13(2,3)7-4-12-5-8-14(9-6-12)10-11-15;1-12(2,3)8-5-11-6-9-13(4)10-7-11;1-11(2,3)13-9-10-5-7-12(4)8-6-10;1-11(2,3)8-7-10-6-4-5-9-12-10;1-8(2)9-7-13-10(11-9)12-5-3-4-6-12;1-5-12(6-2)10-11-9(7-13-10)8(3)4;1-10(2,3)14-9-5-7-11(8-6-9)15(4,12)13;1-10(2,3)12-8-9-4-6-11-7-5-9;1-9(2,3)11-8-6-4-5-7-10-8;1-9(2,3)10-7-5-4-6-8-10;1-9(2,3)11-8-4-6-10-7-5-8;1-5(2)6-3-8-4-7-6/h12,15H,4-11H2,1-3H3;11H,5-10H2,1-4H3;10H,5-9H2,1-4H3;4-6,9H,7-8H2,1-3H3;3-8H,1-2H3;7-8H,5-6H2,1-4H3;9H,5-8H2,1-4H3;9H,4-8H2,1-3H3;4-7H,1-3H3;4-8H2,1-3H3;8H,4-7H2,1-3H3;3-5H,1-2H3. The van der Waals surface area contributed by atoms with Gasteiger partial charge in [-0.25, -0.2) is 32.7 Å². The van der Waals surface area contributed by atoms with Crippen LogP contribution in [0.3, 0.4) is 0 Å². The van der Waals surface area contributed by atoms with Gasteiger partial charge in [-0.2, -0.15) is 0 Å². The molecule has 6 aromatic heterocycles. The zero-order valence-corrected chi connectivity index (χ0v) is 104. The lowest BCUT2D eigenvalue weighted by atomic mass is 9.83. The third kappa shape index (κ3) is 73.0. The van der Waals surface area contributed by atoms with Crippen molar-refractivity contribution in [3.63, 3.8) is 0 Å². The van der Waals surface area contributed by atoms with E-state index in [9.17, 15) is 8.42 Å². The zero-order chi connectivity index (χ0) is 110. The summed E-state index contributed by atoms with van der Waals surface area (Å²) in [5, 5.41) is 17.4. The molecular formula is C120H222N12O10S4. The number of ether oxygens (including phenoxy) is 7. The summed E-state index contributed by atoms with van der Waals surface area (Å²) >= 11 is 5.09. The number of thiazole rings is 3. The number of aromatic nitrogens is 6. The molecule has 846 valence electrons. The SMILES string of the molecule is CC(C)(C)CCC1CCN(CCO)CC1.CC(C)(C)CCc1ccccn1.CC(C)(C)N1CCCCC1.CC(C)(C)OC1CCN(S(C)(=O)=O)CC1.CC(C)(C)OC1CCOCC1.CC(C)(C)OCC1CCOCC1.CC(C)(C)Oc1ccccn1.CC(C)c1csc(-n2cccc2)n1.CC(C)c1cscn1.CCN(CC)c1nc(C(C)C)cs1.CN1CCC(CCC(C)(C)C)CC1.CN1CCC(COC(C)(C)C)CC1. The van der Waals surface area contributed by atoms with E-state index in [1.807, 2.05) is 113 Å². The fraction of sp³-hybridized carbons (Fsp3) is 0.808. The molecular weight excluding hydrogens is 1900 g/mol. The Balaban J connectivity index is 0.000000540. The number of piperidine rings is 5. The van der Waals surface area contributed by atoms with Crippen molar-refractivity contribution in [1.29, 1.82) is 0 Å². The summed E-state index contributed by atoms with van der Waals surface area (Å²) in [5.41, 5.74) is 8.25. The molecule has 7 aliphatic rings. The van der Waals surface area contributed by atoms with Crippen LogP contribution in [0.25, 0.3) is 5.13 Å². The van der Waals surface area contributed by atoms with Crippen molar-refractivity contribution in [2.45, 2.75) is 441 Å². The van der Waals surface area contributed by atoms with E-state index in [2.05, 4.69) is 287 Å². The topological polar surface area (TPSA) is 208 Å². The molecule has 22 nitrogen and oxygen atoms in total. The van der Waals surface area contributed by atoms with Crippen molar-refractivity contribution in [3.05, 3.63) is 118 Å². The van der Waals surface area contributed by atoms with Crippen LogP contribution < -0.4 is 9.64 Å². The molecule has 0 saturated carbocycles. The fourth-order valence-electron chi connectivity index (χ4n) is 16.4. The quantitative estimate of drug-likeness (QED) is 0.0632. The van der Waals surface area contributed by atoms with Gasteiger partial charge in [0.05, 0.1) is 83.3 Å². The Morgan fingerprint density at radius 1 is 0.459 bits per heavy atom. The normalized spacial score (nSPS) is 17.6. The minimum absolute atomic E-state index is 0.00199. The number of aliphatic hydroxyl groups excluding tert-OH is 1. The van der Waals surface area contributed by atoms with Crippen LogP contribution in [0.5, 0.6) is 5.88 Å². The van der Waals surface area contributed by atoms with Crippen LogP contribution in [-0.4, -0.2) is 264 Å². The minimum atomic E-state index is -3.02. The second-order valence-corrected chi connectivity index (χ2v) is 55.8. The molecule has 0 amide bonds. The molecule has 13 heterocycles. The number of rotatable bonds is 23. The van der Waals surface area contributed by atoms with Crippen LogP contribution in [0, 0.1) is 39.9 Å². The first-order valence-corrected chi connectivity index (χ1v) is 60.7. The summed E-state index contributed by atoms with van der Waals surface area (Å²) in [6.07, 6.45) is 35.7. The second kappa shape index (κ2) is 70.8. The molecule has 0 bridgehead atoms. The van der Waals surface area contributed by atoms with Crippen molar-refractivity contribution < 1.29 is 46.7 Å². The highest BCUT2D eigenvalue weighted by Gasteiger charge is 2.31. The van der Waals surface area contributed by atoms with Crippen LogP contribution >= 0.6 is 34.0 Å². The third-order valence-corrected chi connectivity index (χ3v) is 29.3. The third-order valence-electron chi connectivity index (χ3n) is 25.6. The Morgan fingerprint density at radius 2 is 0.890 bits per heavy atom. The van der Waals surface area contributed by atoms with Crippen molar-refractivity contribution in [1.82, 2.24) is 53.4 Å². The Kier molecular flexibility index (Phi) is 66.8. The molecule has 0 radical (unpaired) electrons. The first kappa shape index (κ1) is 138. The van der Waals surface area contributed by atoms with Gasteiger partial charge in [-0.3, -0.25) is 9.88 Å². The number of nitrogens with zero attached hydrogens (tertiary/aromatic N) is 12. The molecule has 0 spiro atoms. The summed E-state index contributed by atoms with van der Waals surface area (Å²) < 4.78 is 65.2. The number of hydrogen-bond acceptors (Lipinski definition) is 23. The lowest BCUT2D eigenvalue weighted by Gasteiger charge is -2.38. The number of sulfonamides is 1. The summed E-state index contributed by atoms with van der Waals surface area (Å²) in [6.45, 7) is 96.0. The van der Waals surface area contributed by atoms with E-state index in [0.29, 0.717) is 71.2 Å². The van der Waals surface area contributed by atoms with Crippen LogP contribution in [-0.2, 0) is 44.9 Å². The Labute approximate surface area is 908 Å². The molecule has 7 fully saturated rings. The molecule has 146 heavy (non-hydrogen) atoms. The molecule has 7 saturated heterocycles. The van der Waals surface area contributed by atoms with Gasteiger partial charge < -0.3 is 62.4 Å². The number of β-amino-alcohol motifs (C(OH)–C–C–N with tert-alkyl or cyclic N) is 1. The molecule has 0 aliphatic carbocycles. The van der Waals surface area contributed by atoms with Crippen molar-refractivity contribution in [2.75, 3.05) is 157 Å². The molecule has 26 heteroatoms. The molecule has 0 aromatic carbocycles. The molecule has 0 unspecified atom stereocenters. The van der Waals surface area contributed by atoms with Gasteiger partial charge in [0.25, 0.3) is 0 Å². The molecule has 13 rings (SSSR count). The maximum atomic E-state index is 11.3. The monoisotopic (exact) mass is 2120 g/mol. The first-order valence-electron chi connectivity index (χ1n) is 56.2. The van der Waals surface area contributed by atoms with Crippen molar-refractivity contribution in [3.8, 4) is 11.0 Å². The Bertz CT molecular complexity index is 4150. The van der Waals surface area contributed by atoms with Gasteiger partial charge in [-0.15, -0.1) is 34.0 Å². The van der Waals surface area contributed by atoms with Gasteiger partial charge in [-0.05, 0) is 421 Å². The van der Waals surface area contributed by atoms with E-state index in [1.165, 1.54) is 176 Å².